The van der Waals surface area contributed by atoms with Crippen molar-refractivity contribution in [3.8, 4) is 5.75 Å². The van der Waals surface area contributed by atoms with E-state index in [0.29, 0.717) is 10.9 Å². The lowest BCUT2D eigenvalue weighted by atomic mass is 10.2. The number of benzene rings is 2. The first-order chi connectivity index (χ1) is 13.0. The van der Waals surface area contributed by atoms with Crippen molar-refractivity contribution in [2.24, 2.45) is 0 Å². The van der Waals surface area contributed by atoms with E-state index in [1.807, 2.05) is 0 Å². The van der Waals surface area contributed by atoms with Crippen molar-refractivity contribution in [3.63, 3.8) is 0 Å². The van der Waals surface area contributed by atoms with Crippen LogP contribution < -0.4 is 10.3 Å². The van der Waals surface area contributed by atoms with Gasteiger partial charge in [-0.1, -0.05) is 12.1 Å². The lowest BCUT2D eigenvalue weighted by molar-refractivity contribution is -0.385. The number of aromatic nitrogens is 2. The molecule has 0 bridgehead atoms. The van der Waals surface area contributed by atoms with Crippen LogP contribution in [-0.4, -0.2) is 34.2 Å². The summed E-state index contributed by atoms with van der Waals surface area (Å²) in [5.74, 6) is -0.687. The third-order valence-electron chi connectivity index (χ3n) is 3.91. The molecule has 9 nitrogen and oxygen atoms in total. The van der Waals surface area contributed by atoms with Crippen LogP contribution in [0.2, 0.25) is 0 Å². The van der Waals surface area contributed by atoms with Crippen LogP contribution in [0.1, 0.15) is 10.4 Å². The Morgan fingerprint density at radius 3 is 2.78 bits per heavy atom. The Balaban J connectivity index is 1.70. The van der Waals surface area contributed by atoms with E-state index in [2.05, 4.69) is 4.98 Å². The highest BCUT2D eigenvalue weighted by Crippen LogP contribution is 2.27. The van der Waals surface area contributed by atoms with Gasteiger partial charge in [0.25, 0.3) is 5.56 Å². The molecule has 2 aromatic carbocycles. The molecule has 0 unspecified atom stereocenters. The Labute approximate surface area is 152 Å². The van der Waals surface area contributed by atoms with E-state index < -0.39 is 10.9 Å². The molecule has 0 atom stereocenters. The van der Waals surface area contributed by atoms with E-state index in [-0.39, 0.29) is 35.7 Å². The second-order valence-corrected chi connectivity index (χ2v) is 5.54. The lowest BCUT2D eigenvalue weighted by Crippen LogP contribution is -2.23. The maximum absolute atomic E-state index is 12.4. The highest BCUT2D eigenvalue weighted by atomic mass is 16.6. The fraction of sp³-hybridized carbons (Fsp3) is 0.167. The number of ether oxygens (including phenoxy) is 2. The van der Waals surface area contributed by atoms with Gasteiger partial charge in [-0.15, -0.1) is 0 Å². The summed E-state index contributed by atoms with van der Waals surface area (Å²) in [4.78, 5) is 39.0. The standard InChI is InChI=1S/C18H15N3O6/c1-26-16-7-6-12(10-15(16)21(24)25)18(23)27-9-8-20-11-19-14-5-3-2-4-13(14)17(20)22/h2-7,10-11H,8-9H2,1H3. The van der Waals surface area contributed by atoms with Crippen LogP contribution in [0.3, 0.4) is 0 Å². The van der Waals surface area contributed by atoms with Crippen molar-refractivity contribution in [2.45, 2.75) is 6.54 Å². The van der Waals surface area contributed by atoms with Gasteiger partial charge in [0.1, 0.15) is 6.61 Å². The largest absolute Gasteiger partial charge is 0.490 e. The fourth-order valence-corrected chi connectivity index (χ4v) is 2.55. The summed E-state index contributed by atoms with van der Waals surface area (Å²) < 4.78 is 11.3. The van der Waals surface area contributed by atoms with E-state index >= 15 is 0 Å². The van der Waals surface area contributed by atoms with E-state index in [1.54, 1.807) is 24.3 Å². The molecule has 0 saturated carbocycles. The maximum Gasteiger partial charge on any atom is 0.338 e. The van der Waals surface area contributed by atoms with Crippen molar-refractivity contribution in [1.82, 2.24) is 9.55 Å². The van der Waals surface area contributed by atoms with Crippen LogP contribution in [0.5, 0.6) is 5.75 Å². The van der Waals surface area contributed by atoms with Crippen LogP contribution in [0.4, 0.5) is 5.69 Å². The first-order valence-corrected chi connectivity index (χ1v) is 7.95. The predicted octanol–water partition coefficient (Wildman–Crippen LogP) is 2.17. The number of carbonyl (C=O) groups excluding carboxylic acids is 1. The molecule has 1 heterocycles. The summed E-state index contributed by atoms with van der Waals surface area (Å²) in [5.41, 5.74) is 0.0337. The number of nitrogens with zero attached hydrogens (tertiary/aromatic N) is 3. The predicted molar refractivity (Wildman–Crippen MR) is 95.9 cm³/mol. The molecule has 0 aliphatic rings. The SMILES string of the molecule is COc1ccc(C(=O)OCCn2cnc3ccccc3c2=O)cc1[N+](=O)[O-]. The first kappa shape index (κ1) is 18.1. The monoisotopic (exact) mass is 369 g/mol. The van der Waals surface area contributed by atoms with Gasteiger partial charge >= 0.3 is 11.7 Å². The Bertz CT molecular complexity index is 1080. The van der Waals surface area contributed by atoms with Crippen molar-refractivity contribution in [1.29, 1.82) is 0 Å². The normalized spacial score (nSPS) is 10.6. The third-order valence-corrected chi connectivity index (χ3v) is 3.91. The Hall–Kier alpha value is -3.75. The maximum atomic E-state index is 12.4. The molecule has 0 amide bonds. The molecule has 3 rings (SSSR count). The van der Waals surface area contributed by atoms with Gasteiger partial charge in [0.2, 0.25) is 0 Å². The molecule has 0 aliphatic carbocycles. The number of rotatable bonds is 6. The van der Waals surface area contributed by atoms with Crippen LogP contribution in [0.15, 0.2) is 53.6 Å². The second kappa shape index (κ2) is 7.65. The molecule has 138 valence electrons. The quantitative estimate of drug-likeness (QED) is 0.372. The van der Waals surface area contributed by atoms with Gasteiger partial charge in [0.05, 0.1) is 41.4 Å². The zero-order valence-corrected chi connectivity index (χ0v) is 14.3. The number of nitro groups is 1. The second-order valence-electron chi connectivity index (χ2n) is 5.54. The minimum atomic E-state index is -0.734. The number of hydrogen-bond acceptors (Lipinski definition) is 7. The van der Waals surface area contributed by atoms with Crippen LogP contribution in [-0.2, 0) is 11.3 Å². The summed E-state index contributed by atoms with van der Waals surface area (Å²) in [6, 6.07) is 10.7. The van der Waals surface area contributed by atoms with Gasteiger partial charge in [-0.05, 0) is 24.3 Å². The van der Waals surface area contributed by atoms with Gasteiger partial charge in [0.15, 0.2) is 5.75 Å². The third kappa shape index (κ3) is 3.76. The van der Waals surface area contributed by atoms with Gasteiger partial charge in [-0.3, -0.25) is 19.5 Å². The Kier molecular flexibility index (Phi) is 5.11. The molecule has 0 spiro atoms. The number of fused-ring (bicyclic) bond motifs is 1. The molecule has 0 radical (unpaired) electrons. The Morgan fingerprint density at radius 1 is 1.26 bits per heavy atom. The number of esters is 1. The zero-order chi connectivity index (χ0) is 19.4. The van der Waals surface area contributed by atoms with Crippen molar-refractivity contribution < 1.29 is 19.2 Å². The molecular weight excluding hydrogens is 354 g/mol. The molecule has 1 aromatic heterocycles. The van der Waals surface area contributed by atoms with Gasteiger partial charge in [-0.2, -0.15) is 0 Å². The molecule has 0 aliphatic heterocycles. The summed E-state index contributed by atoms with van der Waals surface area (Å²) in [6.07, 6.45) is 1.39. The molecule has 0 saturated heterocycles. The molecule has 27 heavy (non-hydrogen) atoms. The van der Waals surface area contributed by atoms with E-state index in [1.165, 1.54) is 30.1 Å². The molecular formula is C18H15N3O6. The zero-order valence-electron chi connectivity index (χ0n) is 14.3. The highest BCUT2D eigenvalue weighted by Gasteiger charge is 2.19. The van der Waals surface area contributed by atoms with E-state index in [4.69, 9.17) is 9.47 Å². The number of hydrogen-bond donors (Lipinski definition) is 0. The topological polar surface area (TPSA) is 114 Å². The molecule has 0 N–H and O–H groups in total. The lowest BCUT2D eigenvalue weighted by Gasteiger charge is -2.08. The number of para-hydroxylation sites is 1. The number of nitro benzene ring substituents is 1. The summed E-state index contributed by atoms with van der Waals surface area (Å²) in [7, 11) is 1.30. The summed E-state index contributed by atoms with van der Waals surface area (Å²) in [6.45, 7) is 0.0270. The average Bonchev–Trinajstić information content (AvgIpc) is 2.69. The van der Waals surface area contributed by atoms with Gasteiger partial charge < -0.3 is 9.47 Å². The Morgan fingerprint density at radius 2 is 2.04 bits per heavy atom. The van der Waals surface area contributed by atoms with Crippen molar-refractivity contribution in [3.05, 3.63) is 74.8 Å². The van der Waals surface area contributed by atoms with Crippen molar-refractivity contribution in [2.75, 3.05) is 13.7 Å². The van der Waals surface area contributed by atoms with Crippen LogP contribution >= 0.6 is 0 Å². The molecule has 3 aromatic rings. The molecule has 9 heteroatoms. The van der Waals surface area contributed by atoms with Gasteiger partial charge in [0, 0.05) is 6.07 Å². The highest BCUT2D eigenvalue weighted by molar-refractivity contribution is 5.90. The summed E-state index contributed by atoms with van der Waals surface area (Å²) >= 11 is 0. The molecule has 0 fully saturated rings. The smallest absolute Gasteiger partial charge is 0.338 e. The minimum Gasteiger partial charge on any atom is -0.490 e. The summed E-state index contributed by atoms with van der Waals surface area (Å²) in [5, 5.41) is 11.5. The van der Waals surface area contributed by atoms with Crippen LogP contribution in [0.25, 0.3) is 10.9 Å². The fourth-order valence-electron chi connectivity index (χ4n) is 2.55. The number of carbonyl (C=O) groups is 1. The van der Waals surface area contributed by atoms with E-state index in [0.717, 1.165) is 6.07 Å². The van der Waals surface area contributed by atoms with Crippen LogP contribution in [0, 0.1) is 10.1 Å². The first-order valence-electron chi connectivity index (χ1n) is 7.95. The van der Waals surface area contributed by atoms with Crippen molar-refractivity contribution >= 4 is 22.6 Å². The minimum absolute atomic E-state index is 0.0199. The number of methoxy groups -OCH3 is 1. The average molecular weight is 369 g/mol. The van der Waals surface area contributed by atoms with E-state index in [9.17, 15) is 19.7 Å². The van der Waals surface area contributed by atoms with Gasteiger partial charge in [-0.25, -0.2) is 9.78 Å².